The fourth-order valence-electron chi connectivity index (χ4n) is 2.12. The van der Waals surface area contributed by atoms with E-state index in [-0.39, 0.29) is 43.7 Å². The molecule has 2 aromatic rings. The first-order chi connectivity index (χ1) is 9.13. The zero-order valence-electron chi connectivity index (χ0n) is 11.0. The van der Waals surface area contributed by atoms with Crippen LogP contribution in [0.2, 0.25) is 0 Å². The summed E-state index contributed by atoms with van der Waals surface area (Å²) in [6.07, 6.45) is 3.04. The SMILES string of the molecule is COC(=O)c1cn2c3c(c[c-]cc3c1=O)OC=C2C.[Y]. The fourth-order valence-corrected chi connectivity index (χ4v) is 2.12. The quantitative estimate of drug-likeness (QED) is 0.584. The molecule has 20 heavy (non-hydrogen) atoms. The van der Waals surface area contributed by atoms with Gasteiger partial charge in [0.25, 0.3) is 0 Å². The second kappa shape index (κ2) is 5.50. The van der Waals surface area contributed by atoms with Crippen molar-refractivity contribution < 1.29 is 47.0 Å². The van der Waals surface area contributed by atoms with Gasteiger partial charge in [0.05, 0.1) is 19.1 Å². The Morgan fingerprint density at radius 3 is 2.85 bits per heavy atom. The molecule has 6 heteroatoms. The van der Waals surface area contributed by atoms with Crippen LogP contribution >= 0.6 is 0 Å². The standard InChI is InChI=1S/C14H10NO4.Y/c1-8-7-19-11-5-3-4-9-12(11)15(8)6-10(13(9)16)14(17)18-2;/h4-7H,1-2H3;/q-1;. The Bertz CT molecular complexity index is 792. The maximum absolute atomic E-state index is 12.3. The van der Waals surface area contributed by atoms with Gasteiger partial charge in [-0.05, 0) is 12.4 Å². The van der Waals surface area contributed by atoms with Crippen molar-refractivity contribution in [1.29, 1.82) is 0 Å². The van der Waals surface area contributed by atoms with Crippen molar-refractivity contribution >= 4 is 22.6 Å². The number of hydrogen-bond donors (Lipinski definition) is 0. The van der Waals surface area contributed by atoms with Crippen LogP contribution in [0, 0.1) is 6.07 Å². The molecule has 0 N–H and O–H groups in total. The van der Waals surface area contributed by atoms with Gasteiger partial charge in [-0.2, -0.15) is 12.1 Å². The summed E-state index contributed by atoms with van der Waals surface area (Å²) in [6, 6.07) is 6.04. The maximum atomic E-state index is 12.3. The Hall–Kier alpha value is -1.46. The third-order valence-electron chi connectivity index (χ3n) is 3.06. The minimum atomic E-state index is -0.652. The van der Waals surface area contributed by atoms with Gasteiger partial charge < -0.3 is 18.8 Å². The molecule has 0 spiro atoms. The van der Waals surface area contributed by atoms with Crippen LogP contribution < -0.4 is 10.2 Å². The predicted octanol–water partition coefficient (Wildman–Crippen LogP) is 1.80. The Morgan fingerprint density at radius 2 is 2.15 bits per heavy atom. The molecule has 2 heterocycles. The number of benzene rings is 1. The Morgan fingerprint density at radius 1 is 1.40 bits per heavy atom. The van der Waals surface area contributed by atoms with E-state index < -0.39 is 5.97 Å². The molecule has 99 valence electrons. The molecule has 1 radical (unpaired) electrons. The number of methoxy groups -OCH3 is 1. The maximum Gasteiger partial charge on any atom is 0.342 e. The molecular weight excluding hydrogens is 335 g/mol. The molecule has 1 aliphatic rings. The summed E-state index contributed by atoms with van der Waals surface area (Å²) in [5.74, 6) is -0.114. The van der Waals surface area contributed by atoms with Gasteiger partial charge >= 0.3 is 5.97 Å². The van der Waals surface area contributed by atoms with Gasteiger partial charge in [-0.3, -0.25) is 0 Å². The normalized spacial score (nSPS) is 12.2. The van der Waals surface area contributed by atoms with E-state index in [9.17, 15) is 9.59 Å². The molecule has 3 rings (SSSR count). The van der Waals surface area contributed by atoms with Crippen LogP contribution in [0.5, 0.6) is 5.75 Å². The number of ether oxygens (including phenoxy) is 2. The number of carbonyl (C=O) groups excluding carboxylic acids is 1. The summed E-state index contributed by atoms with van der Waals surface area (Å²) in [4.78, 5) is 23.9. The van der Waals surface area contributed by atoms with Crippen LogP contribution in [0.1, 0.15) is 17.3 Å². The van der Waals surface area contributed by atoms with Crippen molar-refractivity contribution in [3.63, 3.8) is 0 Å². The number of nitrogens with zero attached hydrogens (tertiary/aromatic N) is 1. The van der Waals surface area contributed by atoms with E-state index in [4.69, 9.17) is 4.74 Å². The molecule has 0 fully saturated rings. The summed E-state index contributed by atoms with van der Waals surface area (Å²) in [5, 5.41) is 0.382. The Balaban J connectivity index is 0.00000147. The van der Waals surface area contributed by atoms with Crippen molar-refractivity contribution in [1.82, 2.24) is 4.57 Å². The smallest absolute Gasteiger partial charge is 0.342 e. The van der Waals surface area contributed by atoms with E-state index in [2.05, 4.69) is 10.8 Å². The number of aromatic nitrogens is 1. The van der Waals surface area contributed by atoms with Crippen molar-refractivity contribution in [3.8, 4) is 5.75 Å². The first-order valence-corrected chi connectivity index (χ1v) is 5.65. The monoisotopic (exact) mass is 345 g/mol. The van der Waals surface area contributed by atoms with Gasteiger partial charge in [0, 0.05) is 44.7 Å². The third-order valence-corrected chi connectivity index (χ3v) is 3.06. The molecule has 0 unspecified atom stereocenters. The second-order valence-electron chi connectivity index (χ2n) is 4.19. The first kappa shape index (κ1) is 14.9. The molecule has 1 aromatic heterocycles. The van der Waals surface area contributed by atoms with Crippen LogP contribution in [-0.2, 0) is 37.4 Å². The van der Waals surface area contributed by atoms with Gasteiger partial charge in [0.15, 0.2) is 0 Å². The van der Waals surface area contributed by atoms with E-state index in [0.29, 0.717) is 16.7 Å². The molecule has 0 saturated carbocycles. The van der Waals surface area contributed by atoms with E-state index in [1.807, 2.05) is 6.92 Å². The molecule has 0 atom stereocenters. The second-order valence-corrected chi connectivity index (χ2v) is 4.19. The van der Waals surface area contributed by atoms with Crippen molar-refractivity contribution in [2.24, 2.45) is 0 Å². The number of pyridine rings is 1. The molecule has 5 nitrogen and oxygen atoms in total. The Labute approximate surface area is 140 Å². The summed E-state index contributed by atoms with van der Waals surface area (Å²) in [7, 11) is 1.25. The van der Waals surface area contributed by atoms with Gasteiger partial charge in [-0.15, -0.1) is 6.07 Å². The largest absolute Gasteiger partial charge is 0.519 e. The van der Waals surface area contributed by atoms with Gasteiger partial charge in [0.1, 0.15) is 11.0 Å². The average molecular weight is 345 g/mol. The van der Waals surface area contributed by atoms with Crippen LogP contribution in [0.3, 0.4) is 0 Å². The molecule has 0 bridgehead atoms. The van der Waals surface area contributed by atoms with Crippen LogP contribution in [0.15, 0.2) is 29.4 Å². The number of carbonyl (C=O) groups is 1. The number of esters is 1. The molecule has 0 saturated heterocycles. The molecule has 0 amide bonds. The van der Waals surface area contributed by atoms with Crippen molar-refractivity contribution in [2.45, 2.75) is 6.92 Å². The zero-order valence-corrected chi connectivity index (χ0v) is 13.8. The third kappa shape index (κ3) is 2.11. The number of rotatable bonds is 1. The van der Waals surface area contributed by atoms with Crippen LogP contribution in [0.4, 0.5) is 0 Å². The van der Waals surface area contributed by atoms with Crippen molar-refractivity contribution in [2.75, 3.05) is 7.11 Å². The van der Waals surface area contributed by atoms with E-state index in [0.717, 1.165) is 5.70 Å². The summed E-state index contributed by atoms with van der Waals surface area (Å²) >= 11 is 0. The van der Waals surface area contributed by atoms with Crippen LogP contribution in [-0.4, -0.2) is 17.6 Å². The topological polar surface area (TPSA) is 57.5 Å². The Kier molecular flexibility index (Phi) is 4.11. The summed E-state index contributed by atoms with van der Waals surface area (Å²) < 4.78 is 11.8. The zero-order chi connectivity index (χ0) is 13.6. The molecule has 1 aliphatic heterocycles. The molecular formula is C14H10NO4Y-. The molecule has 1 aromatic carbocycles. The molecule has 0 aliphatic carbocycles. The van der Waals surface area contributed by atoms with Crippen LogP contribution in [0.25, 0.3) is 16.6 Å². The average Bonchev–Trinajstić information content (AvgIpc) is 2.44. The summed E-state index contributed by atoms with van der Waals surface area (Å²) in [6.45, 7) is 1.82. The fraction of sp³-hybridized carbons (Fsp3) is 0.143. The van der Waals surface area contributed by atoms with E-state index in [1.165, 1.54) is 13.3 Å². The van der Waals surface area contributed by atoms with Crippen molar-refractivity contribution in [3.05, 3.63) is 46.4 Å². The minimum Gasteiger partial charge on any atom is -0.519 e. The number of hydrogen-bond acceptors (Lipinski definition) is 4. The van der Waals surface area contributed by atoms with Gasteiger partial charge in [-0.1, -0.05) is 5.39 Å². The predicted molar refractivity (Wildman–Crippen MR) is 69.0 cm³/mol. The summed E-state index contributed by atoms with van der Waals surface area (Å²) in [5.41, 5.74) is 1.02. The van der Waals surface area contributed by atoms with Gasteiger partial charge in [0.2, 0.25) is 0 Å². The minimum absolute atomic E-state index is 0. The number of allylic oxidation sites excluding steroid dienone is 1. The van der Waals surface area contributed by atoms with E-state index >= 15 is 0 Å². The first-order valence-electron chi connectivity index (χ1n) is 5.65. The van der Waals surface area contributed by atoms with E-state index in [1.54, 1.807) is 23.0 Å². The van der Waals surface area contributed by atoms with Gasteiger partial charge in [-0.25, -0.2) is 4.79 Å².